The largest absolute Gasteiger partial charge is 0.462 e. The number of rotatable bonds is 9. The summed E-state index contributed by atoms with van der Waals surface area (Å²) < 4.78 is 10.2. The van der Waals surface area contributed by atoms with Crippen molar-refractivity contribution in [3.8, 4) is 0 Å². The fourth-order valence-electron chi connectivity index (χ4n) is 9.51. The second-order valence-electron chi connectivity index (χ2n) is 14.3. The van der Waals surface area contributed by atoms with Crippen molar-refractivity contribution < 1.29 is 33.5 Å². The monoisotopic (exact) mass is 599 g/mol. The molecule has 10 heteroatoms. The van der Waals surface area contributed by atoms with E-state index in [2.05, 4.69) is 24.3 Å². The summed E-state index contributed by atoms with van der Waals surface area (Å²) in [7, 11) is 0. The zero-order valence-electron chi connectivity index (χ0n) is 26.4. The Balaban J connectivity index is 1.21. The molecule has 5 aliphatic rings. The number of ether oxygens (including phenoxy) is 2. The number of ketones is 1. The van der Waals surface area contributed by atoms with E-state index in [0.717, 1.165) is 50.7 Å². The van der Waals surface area contributed by atoms with Gasteiger partial charge in [-0.2, -0.15) is 0 Å². The summed E-state index contributed by atoms with van der Waals surface area (Å²) in [6.45, 7) is 10.6. The Kier molecular flexibility index (Phi) is 9.35. The molecule has 43 heavy (non-hydrogen) atoms. The number of allylic oxidation sites excluding steroid dienone is 1. The first-order chi connectivity index (χ1) is 20.5. The molecule has 2 unspecified atom stereocenters. The van der Waals surface area contributed by atoms with Gasteiger partial charge in [0.25, 0.3) is 6.47 Å². The predicted molar refractivity (Wildman–Crippen MR) is 160 cm³/mol. The van der Waals surface area contributed by atoms with Crippen molar-refractivity contribution in [2.75, 3.05) is 13.3 Å². The van der Waals surface area contributed by atoms with Gasteiger partial charge < -0.3 is 9.47 Å². The van der Waals surface area contributed by atoms with Crippen LogP contribution in [0.4, 0.5) is 4.79 Å². The molecule has 4 fully saturated rings. The molecule has 0 radical (unpaired) electrons. The first-order valence-electron chi connectivity index (χ1n) is 16.2. The molecule has 0 spiro atoms. The van der Waals surface area contributed by atoms with E-state index >= 15 is 0 Å². The van der Waals surface area contributed by atoms with Gasteiger partial charge in [0.2, 0.25) is 0 Å². The number of hydrogen-bond acceptors (Lipinski definition) is 9. The van der Waals surface area contributed by atoms with Gasteiger partial charge in [0.15, 0.2) is 12.5 Å². The summed E-state index contributed by atoms with van der Waals surface area (Å²) in [5.74, 6) is 2.07. The van der Waals surface area contributed by atoms with Gasteiger partial charge in [0.1, 0.15) is 6.04 Å². The van der Waals surface area contributed by atoms with Crippen LogP contribution in [-0.2, 0) is 28.7 Å². The molecule has 10 nitrogen and oxygen atoms in total. The lowest BCUT2D eigenvalue weighted by Gasteiger charge is -2.58. The van der Waals surface area contributed by atoms with Crippen molar-refractivity contribution in [1.29, 1.82) is 0 Å². The molecule has 0 aromatic rings. The summed E-state index contributed by atoms with van der Waals surface area (Å²) in [6.07, 6.45) is 10.6. The summed E-state index contributed by atoms with van der Waals surface area (Å²) in [4.78, 5) is 55.2. The summed E-state index contributed by atoms with van der Waals surface area (Å²) >= 11 is 0. The zero-order chi connectivity index (χ0) is 30.9. The summed E-state index contributed by atoms with van der Waals surface area (Å²) in [5, 5.41) is 7.58. The number of amides is 1. The Morgan fingerprint density at radius 1 is 1.09 bits per heavy atom. The number of carbonyl (C=O) groups excluding carboxylic acids is 4. The van der Waals surface area contributed by atoms with Crippen LogP contribution in [0.15, 0.2) is 16.8 Å². The van der Waals surface area contributed by atoms with E-state index in [-0.39, 0.29) is 48.1 Å². The van der Waals surface area contributed by atoms with Crippen LogP contribution in [0.3, 0.4) is 0 Å². The van der Waals surface area contributed by atoms with Gasteiger partial charge in [-0.15, -0.1) is 0 Å². The number of fused-ring (bicyclic) bond motifs is 5. The van der Waals surface area contributed by atoms with E-state index in [4.69, 9.17) is 14.3 Å². The molecule has 238 valence electrons. The fraction of sp³-hybridized carbons (Fsp3) is 0.788. The SMILES string of the molecule is C/C(=N\OC(=O)N(COC=O)CC1CCC(C(=O)OC(C)C)N1)[C@H]1CC[C@H]2[C@@H]3CCC4=CC(=O)CC[C@]4(C)[C@H]3CC[C@]12C. The van der Waals surface area contributed by atoms with Crippen molar-refractivity contribution in [3.63, 3.8) is 0 Å². The maximum Gasteiger partial charge on any atom is 0.438 e. The minimum absolute atomic E-state index is 0.0942. The maximum absolute atomic E-state index is 13.1. The van der Waals surface area contributed by atoms with Crippen LogP contribution in [-0.4, -0.2) is 66.4 Å². The molecule has 1 saturated heterocycles. The molecular formula is C33H49N3O7. The third-order valence-corrected chi connectivity index (χ3v) is 11.6. The highest BCUT2D eigenvalue weighted by Crippen LogP contribution is 2.66. The van der Waals surface area contributed by atoms with E-state index < -0.39 is 12.1 Å². The smallest absolute Gasteiger partial charge is 0.438 e. The van der Waals surface area contributed by atoms with E-state index in [1.807, 2.05) is 26.8 Å². The number of esters is 1. The first kappa shape index (κ1) is 31.7. The number of oxime groups is 1. The lowest BCUT2D eigenvalue weighted by atomic mass is 9.46. The molecular weight excluding hydrogens is 550 g/mol. The third-order valence-electron chi connectivity index (χ3n) is 11.6. The molecule has 0 bridgehead atoms. The quantitative estimate of drug-likeness (QED) is 0.0964. The molecule has 8 atom stereocenters. The number of nitrogens with zero attached hydrogens (tertiary/aromatic N) is 2. The van der Waals surface area contributed by atoms with Gasteiger partial charge in [0, 0.05) is 24.9 Å². The number of nitrogens with one attached hydrogen (secondary N) is 1. The Labute approximate surface area is 255 Å². The van der Waals surface area contributed by atoms with Crippen LogP contribution in [0.1, 0.15) is 98.8 Å². The lowest BCUT2D eigenvalue weighted by Crippen LogP contribution is -2.51. The van der Waals surface area contributed by atoms with Gasteiger partial charge in [-0.3, -0.25) is 29.4 Å². The Morgan fingerprint density at radius 3 is 2.63 bits per heavy atom. The van der Waals surface area contributed by atoms with Gasteiger partial charge in [-0.1, -0.05) is 24.6 Å². The van der Waals surface area contributed by atoms with Crippen molar-refractivity contribution in [3.05, 3.63) is 11.6 Å². The van der Waals surface area contributed by atoms with Crippen LogP contribution in [0.25, 0.3) is 0 Å². The Bertz CT molecular complexity index is 1170. The Morgan fingerprint density at radius 2 is 1.88 bits per heavy atom. The molecule has 1 N–H and O–H groups in total. The Hall–Kier alpha value is -2.75. The molecule has 3 saturated carbocycles. The van der Waals surface area contributed by atoms with Crippen LogP contribution in [0.2, 0.25) is 0 Å². The normalized spacial score (nSPS) is 37.1. The van der Waals surface area contributed by atoms with Crippen molar-refractivity contribution >= 4 is 30.0 Å². The molecule has 0 aromatic carbocycles. The van der Waals surface area contributed by atoms with Gasteiger partial charge >= 0.3 is 12.1 Å². The van der Waals surface area contributed by atoms with Crippen LogP contribution in [0.5, 0.6) is 0 Å². The first-order valence-corrected chi connectivity index (χ1v) is 16.2. The minimum Gasteiger partial charge on any atom is -0.462 e. The maximum atomic E-state index is 13.1. The van der Waals surface area contributed by atoms with Crippen LogP contribution < -0.4 is 5.32 Å². The highest BCUT2D eigenvalue weighted by atomic mass is 16.7. The highest BCUT2D eigenvalue weighted by Gasteiger charge is 2.59. The molecule has 1 aliphatic heterocycles. The molecule has 5 rings (SSSR count). The molecule has 1 heterocycles. The standard InChI is InChI=1S/C33H49N3O7/c1-20(2)42-30(39)29-11-7-23(34-29)17-36(18-41-19-37)31(40)43-35-21(3)26-9-10-27-25-8-6-22-16-24(38)12-14-32(22,4)28(25)13-15-33(26,27)5/h16,19-20,23,25-29,34H,6-15,17-18H2,1-5H3/b35-21+/t23?,25-,26+,27-,28-,29?,32-,33+/m0/s1. The van der Waals surface area contributed by atoms with Gasteiger partial charge in [0.05, 0.1) is 11.8 Å². The van der Waals surface area contributed by atoms with Crippen molar-refractivity contribution in [1.82, 2.24) is 10.2 Å². The second-order valence-corrected chi connectivity index (χ2v) is 14.3. The molecule has 1 amide bonds. The number of hydrogen-bond donors (Lipinski definition) is 1. The van der Waals surface area contributed by atoms with E-state index in [0.29, 0.717) is 49.3 Å². The topological polar surface area (TPSA) is 124 Å². The van der Waals surface area contributed by atoms with Gasteiger partial charge in [-0.05, 0) is 113 Å². The average Bonchev–Trinajstić information content (AvgIpc) is 3.58. The van der Waals surface area contributed by atoms with Crippen LogP contribution in [0, 0.1) is 34.5 Å². The summed E-state index contributed by atoms with van der Waals surface area (Å²) in [6, 6.07) is -0.601. The van der Waals surface area contributed by atoms with E-state index in [1.165, 1.54) is 10.5 Å². The zero-order valence-corrected chi connectivity index (χ0v) is 26.4. The predicted octanol–water partition coefficient (Wildman–Crippen LogP) is 5.15. The third kappa shape index (κ3) is 6.26. The molecule has 0 aromatic heterocycles. The van der Waals surface area contributed by atoms with Crippen molar-refractivity contribution in [2.45, 2.75) is 117 Å². The van der Waals surface area contributed by atoms with E-state index in [9.17, 15) is 19.2 Å². The van der Waals surface area contributed by atoms with E-state index in [1.54, 1.807) is 0 Å². The summed E-state index contributed by atoms with van der Waals surface area (Å²) in [5.41, 5.74) is 2.45. The fourth-order valence-corrected chi connectivity index (χ4v) is 9.51. The van der Waals surface area contributed by atoms with Crippen molar-refractivity contribution in [2.24, 2.45) is 39.7 Å². The highest BCUT2D eigenvalue weighted by molar-refractivity contribution is 5.91. The van der Waals surface area contributed by atoms with Gasteiger partial charge in [-0.25, -0.2) is 4.79 Å². The second kappa shape index (κ2) is 12.7. The number of carbonyl (C=O) groups is 4. The molecule has 4 aliphatic carbocycles. The average molecular weight is 600 g/mol. The lowest BCUT2D eigenvalue weighted by molar-refractivity contribution is -0.149. The minimum atomic E-state index is -0.689. The van der Waals surface area contributed by atoms with Crippen LogP contribution >= 0.6 is 0 Å².